The number of methoxy groups -OCH3 is 1. The molecule has 160 valence electrons. The van der Waals surface area contributed by atoms with Gasteiger partial charge in [0.1, 0.15) is 17.9 Å². The Hall–Kier alpha value is -2.04. The molecule has 0 aliphatic carbocycles. The van der Waals surface area contributed by atoms with Gasteiger partial charge in [0, 0.05) is 46.2 Å². The van der Waals surface area contributed by atoms with Crippen LogP contribution in [0.4, 0.5) is 5.69 Å². The first-order valence-electron chi connectivity index (χ1n) is 9.94. The molecule has 2 aromatic rings. The smallest absolute Gasteiger partial charge is 0.191 e. The minimum Gasteiger partial charge on any atom is -0.495 e. The van der Waals surface area contributed by atoms with Crippen LogP contribution in [-0.4, -0.2) is 61.1 Å². The van der Waals surface area contributed by atoms with E-state index >= 15 is 0 Å². The number of hydrogen-bond donors (Lipinski definition) is 2. The monoisotopic (exact) mass is 513 g/mol. The zero-order valence-electron chi connectivity index (χ0n) is 17.5. The van der Waals surface area contributed by atoms with Gasteiger partial charge in [-0.15, -0.1) is 34.2 Å². The van der Waals surface area contributed by atoms with Crippen molar-refractivity contribution in [3.05, 3.63) is 36.4 Å². The molecule has 0 saturated carbocycles. The number of benzene rings is 1. The van der Waals surface area contributed by atoms with Crippen molar-refractivity contribution in [1.82, 2.24) is 25.4 Å². The second-order valence-corrected chi connectivity index (χ2v) is 6.95. The number of nitrogens with zero attached hydrogens (tertiary/aromatic N) is 5. The molecular formula is C20H32IN7O. The van der Waals surface area contributed by atoms with Crippen LogP contribution in [0, 0.1) is 5.92 Å². The molecule has 1 aromatic carbocycles. The lowest BCUT2D eigenvalue weighted by Crippen LogP contribution is -2.41. The lowest BCUT2D eigenvalue weighted by molar-refractivity contribution is 0.414. The van der Waals surface area contributed by atoms with Crippen LogP contribution in [0.1, 0.15) is 19.2 Å². The van der Waals surface area contributed by atoms with Crippen LogP contribution in [0.15, 0.2) is 35.6 Å². The average Bonchev–Trinajstić information content (AvgIpc) is 3.39. The van der Waals surface area contributed by atoms with Gasteiger partial charge >= 0.3 is 0 Å². The van der Waals surface area contributed by atoms with E-state index in [1.165, 1.54) is 5.69 Å². The summed E-state index contributed by atoms with van der Waals surface area (Å²) in [6.07, 6.45) is 3.82. The Kier molecular flexibility index (Phi) is 9.49. The molecule has 1 aliphatic rings. The predicted molar refractivity (Wildman–Crippen MR) is 127 cm³/mol. The second-order valence-electron chi connectivity index (χ2n) is 6.95. The summed E-state index contributed by atoms with van der Waals surface area (Å²) in [5, 5.41) is 14.9. The molecule has 1 unspecified atom stereocenters. The Morgan fingerprint density at radius 2 is 2.14 bits per heavy atom. The maximum atomic E-state index is 5.50. The quantitative estimate of drug-likeness (QED) is 0.320. The molecule has 1 saturated heterocycles. The maximum absolute atomic E-state index is 5.50. The number of anilines is 1. The normalized spacial score (nSPS) is 16.4. The summed E-state index contributed by atoms with van der Waals surface area (Å²) in [5.41, 5.74) is 1.18. The molecule has 0 bridgehead atoms. The van der Waals surface area contributed by atoms with Gasteiger partial charge < -0.3 is 24.8 Å². The van der Waals surface area contributed by atoms with Crippen molar-refractivity contribution in [2.75, 3.05) is 45.2 Å². The van der Waals surface area contributed by atoms with Crippen molar-refractivity contribution >= 4 is 35.6 Å². The van der Waals surface area contributed by atoms with Crippen molar-refractivity contribution in [3.63, 3.8) is 0 Å². The predicted octanol–water partition coefficient (Wildman–Crippen LogP) is 2.16. The van der Waals surface area contributed by atoms with Crippen LogP contribution in [0.5, 0.6) is 5.75 Å². The van der Waals surface area contributed by atoms with E-state index in [0.29, 0.717) is 5.92 Å². The topological polar surface area (TPSA) is 79.6 Å². The molecule has 29 heavy (non-hydrogen) atoms. The van der Waals surface area contributed by atoms with Gasteiger partial charge in [-0.3, -0.25) is 4.99 Å². The number of rotatable bonds is 8. The molecule has 1 aromatic heterocycles. The minimum atomic E-state index is 0. The molecule has 3 rings (SSSR count). The van der Waals surface area contributed by atoms with Gasteiger partial charge in [-0.1, -0.05) is 19.1 Å². The Bertz CT molecular complexity index is 780. The third kappa shape index (κ3) is 6.22. The van der Waals surface area contributed by atoms with Gasteiger partial charge in [0.15, 0.2) is 5.96 Å². The lowest BCUT2D eigenvalue weighted by Gasteiger charge is -2.21. The number of aromatic nitrogens is 3. The van der Waals surface area contributed by atoms with Crippen LogP contribution in [0.25, 0.3) is 0 Å². The van der Waals surface area contributed by atoms with Crippen LogP contribution in [0.2, 0.25) is 0 Å². The zero-order valence-corrected chi connectivity index (χ0v) is 19.8. The molecule has 0 spiro atoms. The van der Waals surface area contributed by atoms with Gasteiger partial charge in [0.05, 0.1) is 12.8 Å². The number of para-hydroxylation sites is 2. The summed E-state index contributed by atoms with van der Waals surface area (Å²) in [5.74, 6) is 3.36. The fourth-order valence-corrected chi connectivity index (χ4v) is 3.60. The van der Waals surface area contributed by atoms with Crippen molar-refractivity contribution in [3.8, 4) is 5.75 Å². The van der Waals surface area contributed by atoms with E-state index in [0.717, 1.165) is 63.1 Å². The highest BCUT2D eigenvalue weighted by atomic mass is 127. The van der Waals surface area contributed by atoms with E-state index in [1.54, 1.807) is 20.5 Å². The lowest BCUT2D eigenvalue weighted by atomic mass is 10.1. The first-order valence-corrected chi connectivity index (χ1v) is 9.94. The Labute approximate surface area is 190 Å². The van der Waals surface area contributed by atoms with Crippen LogP contribution in [-0.2, 0) is 13.0 Å². The summed E-state index contributed by atoms with van der Waals surface area (Å²) in [7, 11) is 3.54. The average molecular weight is 513 g/mol. The third-order valence-corrected chi connectivity index (χ3v) is 5.15. The standard InChI is InChI=1S/C20H31N7O.HI/c1-4-19-25-24-15-27(19)12-10-22-20(21-2)23-13-16-9-11-26(14-16)17-7-5-6-8-18(17)28-3;/h5-8,15-16H,4,9-14H2,1-3H3,(H2,21,22,23);1H. The van der Waals surface area contributed by atoms with Crippen molar-refractivity contribution in [1.29, 1.82) is 0 Å². The molecule has 0 radical (unpaired) electrons. The van der Waals surface area contributed by atoms with Gasteiger partial charge in [-0.2, -0.15) is 0 Å². The van der Waals surface area contributed by atoms with Crippen molar-refractivity contribution < 1.29 is 4.74 Å². The van der Waals surface area contributed by atoms with E-state index < -0.39 is 0 Å². The number of ether oxygens (including phenoxy) is 1. The molecule has 9 heteroatoms. The van der Waals surface area contributed by atoms with Crippen LogP contribution < -0.4 is 20.3 Å². The Morgan fingerprint density at radius 3 is 2.90 bits per heavy atom. The Morgan fingerprint density at radius 1 is 1.31 bits per heavy atom. The summed E-state index contributed by atoms with van der Waals surface area (Å²) >= 11 is 0. The van der Waals surface area contributed by atoms with Crippen molar-refractivity contribution in [2.24, 2.45) is 10.9 Å². The fourth-order valence-electron chi connectivity index (χ4n) is 3.60. The third-order valence-electron chi connectivity index (χ3n) is 5.15. The fraction of sp³-hybridized carbons (Fsp3) is 0.550. The van der Waals surface area contributed by atoms with Crippen molar-refractivity contribution in [2.45, 2.75) is 26.3 Å². The van der Waals surface area contributed by atoms with E-state index in [-0.39, 0.29) is 24.0 Å². The van der Waals surface area contributed by atoms with Gasteiger partial charge in [-0.05, 0) is 24.5 Å². The largest absolute Gasteiger partial charge is 0.495 e. The van der Waals surface area contributed by atoms with Gasteiger partial charge in [0.2, 0.25) is 0 Å². The highest BCUT2D eigenvalue weighted by molar-refractivity contribution is 14.0. The summed E-state index contributed by atoms with van der Waals surface area (Å²) in [4.78, 5) is 6.74. The van der Waals surface area contributed by atoms with Gasteiger partial charge in [0.25, 0.3) is 0 Å². The molecule has 1 fully saturated rings. The number of aliphatic imine (C=N–C) groups is 1. The van der Waals surface area contributed by atoms with E-state index in [1.807, 2.05) is 12.1 Å². The highest BCUT2D eigenvalue weighted by Gasteiger charge is 2.24. The minimum absolute atomic E-state index is 0. The van der Waals surface area contributed by atoms with Crippen LogP contribution >= 0.6 is 24.0 Å². The highest BCUT2D eigenvalue weighted by Crippen LogP contribution is 2.31. The number of nitrogens with one attached hydrogen (secondary N) is 2. The molecule has 0 amide bonds. The number of guanidine groups is 1. The zero-order chi connectivity index (χ0) is 19.8. The number of halogens is 1. The maximum Gasteiger partial charge on any atom is 0.191 e. The Balaban J connectivity index is 0.00000300. The molecular weight excluding hydrogens is 481 g/mol. The number of aryl methyl sites for hydroxylation is 1. The SMILES string of the molecule is CCc1nncn1CCNC(=NC)NCC1CCN(c2ccccc2OC)C1.I. The first-order chi connectivity index (χ1) is 13.7. The van der Waals surface area contributed by atoms with Crippen LogP contribution in [0.3, 0.4) is 0 Å². The van der Waals surface area contributed by atoms with Gasteiger partial charge in [-0.25, -0.2) is 0 Å². The van der Waals surface area contributed by atoms with E-state index in [2.05, 4.69) is 54.3 Å². The summed E-state index contributed by atoms with van der Waals surface area (Å²) in [6, 6.07) is 8.22. The molecule has 2 N–H and O–H groups in total. The second kappa shape index (κ2) is 11.8. The molecule has 1 atom stereocenters. The first kappa shape index (κ1) is 23.2. The molecule has 2 heterocycles. The number of hydrogen-bond acceptors (Lipinski definition) is 5. The summed E-state index contributed by atoms with van der Waals surface area (Å²) < 4.78 is 7.57. The molecule has 8 nitrogen and oxygen atoms in total. The molecule has 1 aliphatic heterocycles. The van der Waals surface area contributed by atoms with E-state index in [9.17, 15) is 0 Å². The summed E-state index contributed by atoms with van der Waals surface area (Å²) in [6.45, 7) is 6.66. The van der Waals surface area contributed by atoms with E-state index in [4.69, 9.17) is 4.74 Å².